The monoisotopic (exact) mass is 199 g/mol. The van der Waals surface area contributed by atoms with E-state index < -0.39 is 0 Å². The largest absolute Gasteiger partial charge is 0.392 e. The van der Waals surface area contributed by atoms with E-state index in [1.807, 2.05) is 30.2 Å². The van der Waals surface area contributed by atoms with E-state index in [4.69, 9.17) is 5.11 Å². The molecule has 0 amide bonds. The minimum Gasteiger partial charge on any atom is -0.392 e. The van der Waals surface area contributed by atoms with Crippen molar-refractivity contribution >= 4 is 11.8 Å². The molecule has 0 aliphatic rings. The molecular weight excluding hydrogens is 182 g/mol. The molecule has 2 nitrogen and oxygen atoms in total. The van der Waals surface area contributed by atoms with Crippen LogP contribution in [0.1, 0.15) is 18.9 Å². The fourth-order valence-electron chi connectivity index (χ4n) is 1.22. The molecule has 0 aliphatic heterocycles. The molecule has 1 aromatic heterocycles. The molecule has 0 aromatic carbocycles. The van der Waals surface area contributed by atoms with Gasteiger partial charge in [-0.05, 0) is 29.6 Å². The molecule has 1 heterocycles. The molecule has 0 spiro atoms. The maximum atomic E-state index is 8.84. The van der Waals surface area contributed by atoms with E-state index in [-0.39, 0.29) is 6.61 Å². The second-order valence-electron chi connectivity index (χ2n) is 2.97. The molecule has 0 atom stereocenters. The van der Waals surface area contributed by atoms with Crippen LogP contribution in [0.15, 0.2) is 18.5 Å². The van der Waals surface area contributed by atoms with Gasteiger partial charge in [-0.2, -0.15) is 11.8 Å². The number of nitrogens with zero attached hydrogens (tertiary/aromatic N) is 1. The maximum absolute atomic E-state index is 8.84. The molecular formula is C10H17NOS. The summed E-state index contributed by atoms with van der Waals surface area (Å²) in [6, 6.07) is 1.97. The smallest absolute Gasteiger partial charge is 0.0696 e. The number of aliphatic hydroxyl groups excluding tert-OH is 1. The lowest BCUT2D eigenvalue weighted by Crippen LogP contribution is -1.95. The van der Waals surface area contributed by atoms with E-state index in [9.17, 15) is 0 Å². The van der Waals surface area contributed by atoms with Crippen LogP contribution < -0.4 is 0 Å². The van der Waals surface area contributed by atoms with Gasteiger partial charge in [-0.1, -0.05) is 6.92 Å². The average Bonchev–Trinajstić information content (AvgIpc) is 2.60. The average molecular weight is 199 g/mol. The van der Waals surface area contributed by atoms with Gasteiger partial charge in [0.15, 0.2) is 0 Å². The number of hydrogen-bond donors (Lipinski definition) is 1. The Morgan fingerprint density at radius 2 is 2.38 bits per heavy atom. The number of aromatic nitrogens is 1. The van der Waals surface area contributed by atoms with Gasteiger partial charge in [-0.3, -0.25) is 0 Å². The zero-order valence-corrected chi connectivity index (χ0v) is 8.89. The van der Waals surface area contributed by atoms with Gasteiger partial charge >= 0.3 is 0 Å². The van der Waals surface area contributed by atoms with Crippen LogP contribution in [0.3, 0.4) is 0 Å². The highest BCUT2D eigenvalue weighted by atomic mass is 32.2. The van der Waals surface area contributed by atoms with Gasteiger partial charge in [-0.25, -0.2) is 0 Å². The van der Waals surface area contributed by atoms with Gasteiger partial charge in [0.2, 0.25) is 0 Å². The third-order valence-electron chi connectivity index (χ3n) is 1.90. The van der Waals surface area contributed by atoms with Gasteiger partial charge in [-0.15, -0.1) is 0 Å². The first-order valence-electron chi connectivity index (χ1n) is 4.70. The Labute approximate surface area is 84.0 Å². The molecule has 0 unspecified atom stereocenters. The molecule has 1 aromatic rings. The number of hydrogen-bond acceptors (Lipinski definition) is 2. The predicted octanol–water partition coefficient (Wildman–Crippen LogP) is 2.12. The van der Waals surface area contributed by atoms with Gasteiger partial charge in [0.1, 0.15) is 0 Å². The summed E-state index contributed by atoms with van der Waals surface area (Å²) in [7, 11) is 0. The summed E-state index contributed by atoms with van der Waals surface area (Å²) in [5.74, 6) is 2.43. The number of rotatable bonds is 6. The first kappa shape index (κ1) is 10.7. The van der Waals surface area contributed by atoms with Crippen molar-refractivity contribution in [1.29, 1.82) is 0 Å². The Balaban J connectivity index is 2.20. The lowest BCUT2D eigenvalue weighted by molar-refractivity contribution is 0.281. The van der Waals surface area contributed by atoms with E-state index in [1.54, 1.807) is 0 Å². The molecule has 0 saturated heterocycles. The molecule has 0 aliphatic carbocycles. The van der Waals surface area contributed by atoms with Crippen molar-refractivity contribution in [3.63, 3.8) is 0 Å². The van der Waals surface area contributed by atoms with E-state index >= 15 is 0 Å². The van der Waals surface area contributed by atoms with Gasteiger partial charge in [0, 0.05) is 18.9 Å². The highest BCUT2D eigenvalue weighted by Crippen LogP contribution is 2.05. The Hall–Kier alpha value is -0.410. The summed E-state index contributed by atoms with van der Waals surface area (Å²) in [6.45, 7) is 3.40. The summed E-state index contributed by atoms with van der Waals surface area (Å²) in [4.78, 5) is 0. The Bertz CT molecular complexity index is 235. The molecule has 0 fully saturated rings. The standard InChI is InChI=1S/C10H17NOS/c1-2-13-7-3-5-11-6-4-10(8-11)9-12/h4,6,8,12H,2-3,5,7,9H2,1H3. The van der Waals surface area contributed by atoms with Gasteiger partial charge in [0.05, 0.1) is 6.61 Å². The SMILES string of the molecule is CCSCCCn1ccc(CO)c1. The second-order valence-corrected chi connectivity index (χ2v) is 4.36. The van der Waals surface area contributed by atoms with Crippen molar-refractivity contribution < 1.29 is 5.11 Å². The molecule has 1 N–H and O–H groups in total. The molecule has 1 rings (SSSR count). The molecule has 13 heavy (non-hydrogen) atoms. The Kier molecular flexibility index (Phi) is 5.01. The molecule has 0 saturated carbocycles. The maximum Gasteiger partial charge on any atom is 0.0696 e. The van der Waals surface area contributed by atoms with Crippen molar-refractivity contribution in [2.45, 2.75) is 26.5 Å². The minimum absolute atomic E-state index is 0.150. The zero-order valence-electron chi connectivity index (χ0n) is 8.07. The van der Waals surface area contributed by atoms with Gasteiger partial charge in [0.25, 0.3) is 0 Å². The van der Waals surface area contributed by atoms with Crippen molar-refractivity contribution in [3.05, 3.63) is 24.0 Å². The normalized spacial score (nSPS) is 10.6. The van der Waals surface area contributed by atoms with Crippen molar-refractivity contribution in [3.8, 4) is 0 Å². The van der Waals surface area contributed by atoms with Crippen LogP contribution in [-0.2, 0) is 13.2 Å². The quantitative estimate of drug-likeness (QED) is 0.710. The Morgan fingerprint density at radius 3 is 3.00 bits per heavy atom. The number of aryl methyl sites for hydroxylation is 1. The van der Waals surface area contributed by atoms with Crippen molar-refractivity contribution in [1.82, 2.24) is 4.57 Å². The Morgan fingerprint density at radius 1 is 1.54 bits per heavy atom. The fourth-order valence-corrected chi connectivity index (χ4v) is 1.84. The lowest BCUT2D eigenvalue weighted by atomic mass is 10.4. The van der Waals surface area contributed by atoms with E-state index in [1.165, 1.54) is 17.9 Å². The van der Waals surface area contributed by atoms with E-state index in [0.717, 1.165) is 12.1 Å². The highest BCUT2D eigenvalue weighted by Gasteiger charge is 1.94. The summed E-state index contributed by atoms with van der Waals surface area (Å²) in [5.41, 5.74) is 1.00. The van der Waals surface area contributed by atoms with Crippen LogP contribution >= 0.6 is 11.8 Å². The molecule has 0 radical (unpaired) electrons. The topological polar surface area (TPSA) is 25.2 Å². The van der Waals surface area contributed by atoms with Crippen LogP contribution in [0.25, 0.3) is 0 Å². The van der Waals surface area contributed by atoms with Crippen LogP contribution in [0, 0.1) is 0 Å². The highest BCUT2D eigenvalue weighted by molar-refractivity contribution is 7.99. The molecule has 74 valence electrons. The van der Waals surface area contributed by atoms with Crippen LogP contribution in [0.4, 0.5) is 0 Å². The van der Waals surface area contributed by atoms with E-state index in [2.05, 4.69) is 11.5 Å². The number of thioether (sulfide) groups is 1. The summed E-state index contributed by atoms with van der Waals surface area (Å²) in [6.07, 6.45) is 5.25. The third kappa shape index (κ3) is 3.87. The summed E-state index contributed by atoms with van der Waals surface area (Å²) in [5, 5.41) is 8.84. The van der Waals surface area contributed by atoms with Crippen LogP contribution in [0.5, 0.6) is 0 Å². The molecule has 0 bridgehead atoms. The molecule has 3 heteroatoms. The third-order valence-corrected chi connectivity index (χ3v) is 2.89. The van der Waals surface area contributed by atoms with E-state index in [0.29, 0.717) is 0 Å². The predicted molar refractivity (Wildman–Crippen MR) is 58.0 cm³/mol. The second kappa shape index (κ2) is 6.11. The lowest BCUT2D eigenvalue weighted by Gasteiger charge is -2.01. The van der Waals surface area contributed by atoms with Crippen LogP contribution in [-0.4, -0.2) is 21.2 Å². The summed E-state index contributed by atoms with van der Waals surface area (Å²) >= 11 is 1.98. The first-order chi connectivity index (χ1) is 6.36. The zero-order chi connectivity index (χ0) is 9.52. The van der Waals surface area contributed by atoms with Crippen LogP contribution in [0.2, 0.25) is 0 Å². The minimum atomic E-state index is 0.150. The van der Waals surface area contributed by atoms with Crippen molar-refractivity contribution in [2.75, 3.05) is 11.5 Å². The first-order valence-corrected chi connectivity index (χ1v) is 5.85. The van der Waals surface area contributed by atoms with Crippen molar-refractivity contribution in [2.24, 2.45) is 0 Å². The number of aliphatic hydroxyl groups is 1. The fraction of sp³-hybridized carbons (Fsp3) is 0.600. The summed E-state index contributed by atoms with van der Waals surface area (Å²) < 4.78 is 2.14. The van der Waals surface area contributed by atoms with Gasteiger partial charge < -0.3 is 9.67 Å².